The first-order valence-electron chi connectivity index (χ1n) is 21.4. The second kappa shape index (κ2) is 40.8. The Balaban J connectivity index is 3.63. The molecule has 0 aromatic heterocycles. The van der Waals surface area contributed by atoms with Crippen LogP contribution in [0, 0.1) is 0 Å². The average Bonchev–Trinajstić information content (AvgIpc) is 3.10. The van der Waals surface area contributed by atoms with Crippen molar-refractivity contribution in [3.8, 4) is 0 Å². The number of allylic oxidation sites excluding steroid dienone is 7. The van der Waals surface area contributed by atoms with E-state index in [2.05, 4.69) is 55.6 Å². The molecule has 2 unspecified atom stereocenters. The smallest absolute Gasteiger partial charge is 0.220 e. The number of carbonyl (C=O) groups is 1. The molecular formula is C45H83NO3. The van der Waals surface area contributed by atoms with Crippen molar-refractivity contribution < 1.29 is 15.0 Å². The molecular weight excluding hydrogens is 602 g/mol. The molecule has 0 radical (unpaired) electrons. The van der Waals surface area contributed by atoms with Gasteiger partial charge in [-0.05, 0) is 64.2 Å². The molecule has 0 fully saturated rings. The zero-order chi connectivity index (χ0) is 35.7. The van der Waals surface area contributed by atoms with Gasteiger partial charge in [-0.1, -0.05) is 191 Å². The van der Waals surface area contributed by atoms with E-state index in [1.54, 1.807) is 6.08 Å². The van der Waals surface area contributed by atoms with Crippen LogP contribution in [0.5, 0.6) is 0 Å². The van der Waals surface area contributed by atoms with E-state index in [1.165, 1.54) is 148 Å². The molecule has 0 saturated heterocycles. The minimum Gasteiger partial charge on any atom is -0.394 e. The van der Waals surface area contributed by atoms with E-state index in [-0.39, 0.29) is 12.5 Å². The maximum absolute atomic E-state index is 12.4. The molecule has 0 aromatic carbocycles. The fraction of sp³-hybridized carbons (Fsp3) is 0.800. The number of carbonyl (C=O) groups excluding carboxylic acids is 1. The van der Waals surface area contributed by atoms with Crippen LogP contribution in [0.4, 0.5) is 0 Å². The van der Waals surface area contributed by atoms with Gasteiger partial charge in [0.2, 0.25) is 5.91 Å². The second-order valence-corrected chi connectivity index (χ2v) is 14.4. The molecule has 0 heterocycles. The number of hydrogen-bond donors (Lipinski definition) is 3. The lowest BCUT2D eigenvalue weighted by Crippen LogP contribution is -2.45. The maximum atomic E-state index is 12.4. The fourth-order valence-corrected chi connectivity index (χ4v) is 6.22. The van der Waals surface area contributed by atoms with E-state index < -0.39 is 12.1 Å². The zero-order valence-corrected chi connectivity index (χ0v) is 32.7. The van der Waals surface area contributed by atoms with Crippen LogP contribution in [0.25, 0.3) is 0 Å². The van der Waals surface area contributed by atoms with E-state index in [1.807, 2.05) is 6.08 Å². The Kier molecular flexibility index (Phi) is 39.4. The summed E-state index contributed by atoms with van der Waals surface area (Å²) in [5, 5.41) is 22.9. The number of unbranched alkanes of at least 4 members (excludes halogenated alkanes) is 25. The molecule has 0 aliphatic rings. The summed E-state index contributed by atoms with van der Waals surface area (Å²) in [6.07, 6.45) is 55.0. The minimum atomic E-state index is -0.865. The Morgan fingerprint density at radius 3 is 1.31 bits per heavy atom. The van der Waals surface area contributed by atoms with Gasteiger partial charge in [-0.3, -0.25) is 4.79 Å². The van der Waals surface area contributed by atoms with Crippen LogP contribution in [-0.2, 0) is 4.79 Å². The summed E-state index contributed by atoms with van der Waals surface area (Å²) in [7, 11) is 0. The highest BCUT2D eigenvalue weighted by molar-refractivity contribution is 5.76. The molecule has 3 N–H and O–H groups in total. The molecule has 1 amide bonds. The predicted octanol–water partition coefficient (Wildman–Crippen LogP) is 13.2. The van der Waals surface area contributed by atoms with E-state index in [0.717, 1.165) is 44.9 Å². The van der Waals surface area contributed by atoms with Gasteiger partial charge in [-0.2, -0.15) is 0 Å². The first kappa shape index (κ1) is 47.4. The topological polar surface area (TPSA) is 69.6 Å². The van der Waals surface area contributed by atoms with Crippen molar-refractivity contribution >= 4 is 5.91 Å². The molecule has 0 saturated carbocycles. The summed E-state index contributed by atoms with van der Waals surface area (Å²) in [5.41, 5.74) is 0. The van der Waals surface area contributed by atoms with Crippen molar-refractivity contribution in [2.45, 2.75) is 225 Å². The van der Waals surface area contributed by atoms with Crippen molar-refractivity contribution in [3.63, 3.8) is 0 Å². The number of amides is 1. The Morgan fingerprint density at radius 2 is 0.857 bits per heavy atom. The molecule has 0 rings (SSSR count). The lowest BCUT2D eigenvalue weighted by atomic mass is 10.1. The van der Waals surface area contributed by atoms with Gasteiger partial charge in [0.15, 0.2) is 0 Å². The summed E-state index contributed by atoms with van der Waals surface area (Å²) in [5.74, 6) is -0.0828. The number of nitrogens with one attached hydrogen (secondary N) is 1. The standard InChI is InChI=1S/C45H83NO3/c1-3-5-7-9-11-13-15-17-19-20-21-22-23-24-25-26-27-29-31-33-35-37-39-41-45(49)46-43(42-47)44(48)40-38-36-34-32-30-28-18-16-14-12-10-8-6-4-2/h21-22,24-25,30,32,38,40,43-44,47-48H,3-20,23,26-29,31,33-37,39,41-42H2,1-2H3,(H,46,49)/b22-21-,25-24-,32-30+,40-38+. The van der Waals surface area contributed by atoms with Gasteiger partial charge in [0.25, 0.3) is 0 Å². The highest BCUT2D eigenvalue weighted by Crippen LogP contribution is 2.13. The van der Waals surface area contributed by atoms with Gasteiger partial charge in [0.1, 0.15) is 0 Å². The normalized spacial score (nSPS) is 13.5. The van der Waals surface area contributed by atoms with Crippen molar-refractivity contribution in [3.05, 3.63) is 48.6 Å². The van der Waals surface area contributed by atoms with Crippen LogP contribution in [0.2, 0.25) is 0 Å². The van der Waals surface area contributed by atoms with Crippen LogP contribution in [0.1, 0.15) is 213 Å². The van der Waals surface area contributed by atoms with E-state index in [9.17, 15) is 15.0 Å². The molecule has 4 nitrogen and oxygen atoms in total. The molecule has 0 aromatic rings. The first-order valence-corrected chi connectivity index (χ1v) is 21.4. The summed E-state index contributed by atoms with van der Waals surface area (Å²) >= 11 is 0. The van der Waals surface area contributed by atoms with Crippen molar-refractivity contribution in [2.24, 2.45) is 0 Å². The molecule has 4 heteroatoms. The Labute approximate surface area is 305 Å². The van der Waals surface area contributed by atoms with Crippen molar-refractivity contribution in [2.75, 3.05) is 6.61 Å². The molecule has 286 valence electrons. The maximum Gasteiger partial charge on any atom is 0.220 e. The lowest BCUT2D eigenvalue weighted by molar-refractivity contribution is -0.123. The average molecular weight is 686 g/mol. The summed E-state index contributed by atoms with van der Waals surface area (Å²) < 4.78 is 0. The van der Waals surface area contributed by atoms with Crippen molar-refractivity contribution in [1.82, 2.24) is 5.32 Å². The summed E-state index contributed by atoms with van der Waals surface area (Å²) in [6.45, 7) is 4.28. The fourth-order valence-electron chi connectivity index (χ4n) is 6.22. The van der Waals surface area contributed by atoms with Gasteiger partial charge in [0.05, 0.1) is 18.8 Å². The molecule has 0 bridgehead atoms. The summed E-state index contributed by atoms with van der Waals surface area (Å²) in [6, 6.07) is -0.643. The monoisotopic (exact) mass is 686 g/mol. The number of aliphatic hydroxyl groups is 2. The lowest BCUT2D eigenvalue weighted by Gasteiger charge is -2.19. The SMILES string of the molecule is CCCCCCCCCC/C=C/CC/C=C/C(O)C(CO)NC(=O)CCCCCCCCC/C=C\C/C=C\CCCCCCCCCCC. The third kappa shape index (κ3) is 37.4. The third-order valence-electron chi connectivity index (χ3n) is 9.53. The highest BCUT2D eigenvalue weighted by atomic mass is 16.3. The van der Waals surface area contributed by atoms with E-state index >= 15 is 0 Å². The van der Waals surface area contributed by atoms with Crippen LogP contribution >= 0.6 is 0 Å². The van der Waals surface area contributed by atoms with Crippen LogP contribution < -0.4 is 5.32 Å². The van der Waals surface area contributed by atoms with Gasteiger partial charge >= 0.3 is 0 Å². The Morgan fingerprint density at radius 1 is 0.490 bits per heavy atom. The Hall–Kier alpha value is -1.65. The van der Waals surface area contributed by atoms with Gasteiger partial charge < -0.3 is 15.5 Å². The van der Waals surface area contributed by atoms with Crippen LogP contribution in [-0.4, -0.2) is 34.9 Å². The van der Waals surface area contributed by atoms with Crippen molar-refractivity contribution in [1.29, 1.82) is 0 Å². The highest BCUT2D eigenvalue weighted by Gasteiger charge is 2.17. The third-order valence-corrected chi connectivity index (χ3v) is 9.53. The molecule has 0 spiro atoms. The minimum absolute atomic E-state index is 0.0828. The van der Waals surface area contributed by atoms with Gasteiger partial charge in [-0.15, -0.1) is 0 Å². The van der Waals surface area contributed by atoms with Crippen LogP contribution in [0.15, 0.2) is 48.6 Å². The van der Waals surface area contributed by atoms with E-state index in [0.29, 0.717) is 6.42 Å². The largest absolute Gasteiger partial charge is 0.394 e. The molecule has 0 aliphatic heterocycles. The Bertz CT molecular complexity index is 786. The summed E-state index contributed by atoms with van der Waals surface area (Å²) in [4.78, 5) is 12.4. The quantitative estimate of drug-likeness (QED) is 0.0447. The van der Waals surface area contributed by atoms with E-state index in [4.69, 9.17) is 0 Å². The first-order chi connectivity index (χ1) is 24.2. The van der Waals surface area contributed by atoms with Crippen LogP contribution in [0.3, 0.4) is 0 Å². The molecule has 0 aliphatic carbocycles. The number of rotatable bonds is 38. The zero-order valence-electron chi connectivity index (χ0n) is 32.7. The number of hydrogen-bond acceptors (Lipinski definition) is 3. The predicted molar refractivity (Wildman–Crippen MR) is 216 cm³/mol. The second-order valence-electron chi connectivity index (χ2n) is 14.4. The molecule has 49 heavy (non-hydrogen) atoms. The van der Waals surface area contributed by atoms with Gasteiger partial charge in [0, 0.05) is 6.42 Å². The molecule has 2 atom stereocenters. The number of aliphatic hydroxyl groups excluding tert-OH is 2. The van der Waals surface area contributed by atoms with Gasteiger partial charge in [-0.25, -0.2) is 0 Å².